The molecule has 2 aliphatic rings. The van der Waals surface area contributed by atoms with Crippen LogP contribution in [0.4, 0.5) is 5.69 Å². The van der Waals surface area contributed by atoms with Gasteiger partial charge in [-0.25, -0.2) is 0 Å². The van der Waals surface area contributed by atoms with Gasteiger partial charge in [0.25, 0.3) is 0 Å². The van der Waals surface area contributed by atoms with Crippen molar-refractivity contribution in [3.63, 3.8) is 0 Å². The number of fused-ring (bicyclic) bond motifs is 1. The van der Waals surface area contributed by atoms with E-state index in [4.69, 9.17) is 10.5 Å². The van der Waals surface area contributed by atoms with Crippen molar-refractivity contribution in [2.75, 3.05) is 11.9 Å². The molecule has 1 fully saturated rings. The zero-order valence-corrected chi connectivity index (χ0v) is 11.2. The van der Waals surface area contributed by atoms with Crippen LogP contribution in [0, 0.1) is 17.2 Å². The Balaban J connectivity index is 1.69. The Morgan fingerprint density at radius 3 is 2.95 bits per heavy atom. The van der Waals surface area contributed by atoms with Gasteiger partial charge < -0.3 is 15.8 Å². The summed E-state index contributed by atoms with van der Waals surface area (Å²) < 4.78 is 5.70. The number of nitrogens with zero attached hydrogens (tertiary/aromatic N) is 1. The minimum atomic E-state index is -0.885. The second kappa shape index (κ2) is 4.80. The van der Waals surface area contributed by atoms with Crippen LogP contribution in [0.1, 0.15) is 24.8 Å². The number of hydrogen-bond acceptors (Lipinski definition) is 4. The molecule has 0 saturated heterocycles. The molecule has 0 spiro atoms. The van der Waals surface area contributed by atoms with Crippen molar-refractivity contribution in [2.24, 2.45) is 11.7 Å². The molecule has 5 heteroatoms. The summed E-state index contributed by atoms with van der Waals surface area (Å²) in [5, 5.41) is 12.0. The number of ether oxygens (including phenoxy) is 1. The van der Waals surface area contributed by atoms with Crippen molar-refractivity contribution >= 4 is 11.6 Å². The van der Waals surface area contributed by atoms with Gasteiger partial charge >= 0.3 is 0 Å². The maximum absolute atomic E-state index is 11.3. The fourth-order valence-corrected chi connectivity index (χ4v) is 2.49. The van der Waals surface area contributed by atoms with Crippen molar-refractivity contribution in [1.82, 2.24) is 0 Å². The van der Waals surface area contributed by atoms with E-state index in [1.807, 2.05) is 12.1 Å². The van der Waals surface area contributed by atoms with Crippen LogP contribution in [0.3, 0.4) is 0 Å². The molecule has 0 aromatic heterocycles. The van der Waals surface area contributed by atoms with Gasteiger partial charge in [0, 0.05) is 12.1 Å². The van der Waals surface area contributed by atoms with Crippen LogP contribution in [0.25, 0.3) is 0 Å². The molecule has 1 aliphatic heterocycles. The van der Waals surface area contributed by atoms with Crippen LogP contribution < -0.4 is 15.8 Å². The summed E-state index contributed by atoms with van der Waals surface area (Å²) in [5.41, 5.74) is 7.08. The second-order valence-electron chi connectivity index (χ2n) is 5.58. The molecule has 1 amide bonds. The lowest BCUT2D eigenvalue weighted by Crippen LogP contribution is -2.46. The molecule has 5 nitrogen and oxygen atoms in total. The Bertz CT molecular complexity index is 589. The monoisotopic (exact) mass is 271 g/mol. The summed E-state index contributed by atoms with van der Waals surface area (Å²) in [6.45, 7) is 0.208. The average molecular weight is 271 g/mol. The van der Waals surface area contributed by atoms with Crippen LogP contribution in [-0.2, 0) is 11.2 Å². The second-order valence-corrected chi connectivity index (χ2v) is 5.58. The number of carbonyl (C=O) groups excluding carboxylic acids is 1. The van der Waals surface area contributed by atoms with E-state index >= 15 is 0 Å². The van der Waals surface area contributed by atoms with Gasteiger partial charge in [-0.2, -0.15) is 5.26 Å². The number of benzene rings is 1. The zero-order valence-electron chi connectivity index (χ0n) is 11.2. The van der Waals surface area contributed by atoms with Gasteiger partial charge in [-0.3, -0.25) is 4.79 Å². The zero-order chi connectivity index (χ0) is 14.2. The summed E-state index contributed by atoms with van der Waals surface area (Å²) in [6.07, 6.45) is 3.22. The molecular formula is C15H17N3O2. The van der Waals surface area contributed by atoms with E-state index in [0.29, 0.717) is 18.6 Å². The van der Waals surface area contributed by atoms with E-state index in [1.165, 1.54) is 0 Å². The van der Waals surface area contributed by atoms with Crippen LogP contribution in [0.5, 0.6) is 5.75 Å². The third kappa shape index (κ3) is 2.47. The fraction of sp³-hybridized carbons (Fsp3) is 0.467. The average Bonchev–Trinajstić information content (AvgIpc) is 3.29. The molecule has 0 bridgehead atoms. The topological polar surface area (TPSA) is 88.1 Å². The number of carbonyl (C=O) groups is 1. The summed E-state index contributed by atoms with van der Waals surface area (Å²) in [6, 6.07) is 7.73. The van der Waals surface area contributed by atoms with E-state index in [2.05, 4.69) is 11.4 Å². The number of aryl methyl sites for hydroxylation is 1. The molecular weight excluding hydrogens is 254 g/mol. The van der Waals surface area contributed by atoms with Crippen molar-refractivity contribution in [1.29, 1.82) is 5.26 Å². The Morgan fingerprint density at radius 2 is 2.25 bits per heavy atom. The molecule has 1 unspecified atom stereocenters. The molecule has 1 aromatic rings. The van der Waals surface area contributed by atoms with E-state index in [-0.39, 0.29) is 18.4 Å². The highest BCUT2D eigenvalue weighted by Gasteiger charge is 2.43. The van der Waals surface area contributed by atoms with Gasteiger partial charge in [0.2, 0.25) is 5.91 Å². The molecule has 1 saturated carbocycles. The maximum Gasteiger partial charge on any atom is 0.224 e. The van der Waals surface area contributed by atoms with Gasteiger partial charge in [0.05, 0.1) is 6.07 Å². The van der Waals surface area contributed by atoms with E-state index in [9.17, 15) is 10.1 Å². The standard InChI is InChI=1S/C15H17N3O2/c16-8-15(17,11-2-3-11)9-20-12-4-5-13-10(7-12)1-6-14(19)18-13/h4-5,7,11H,1-3,6,9,17H2,(H,18,19). The number of amides is 1. The largest absolute Gasteiger partial charge is 0.491 e. The van der Waals surface area contributed by atoms with Gasteiger partial charge in [0.1, 0.15) is 17.9 Å². The van der Waals surface area contributed by atoms with Gasteiger partial charge in [0.15, 0.2) is 0 Å². The Morgan fingerprint density at radius 1 is 1.45 bits per heavy atom. The number of nitriles is 1. The first kappa shape index (κ1) is 12.9. The molecule has 0 radical (unpaired) electrons. The highest BCUT2D eigenvalue weighted by molar-refractivity contribution is 5.93. The van der Waals surface area contributed by atoms with Crippen LogP contribution in [-0.4, -0.2) is 18.1 Å². The summed E-state index contributed by atoms with van der Waals surface area (Å²) in [4.78, 5) is 11.3. The Kier molecular flexibility index (Phi) is 3.11. The Hall–Kier alpha value is -2.06. The Labute approximate surface area is 117 Å². The van der Waals surface area contributed by atoms with Crippen molar-refractivity contribution in [2.45, 2.75) is 31.2 Å². The number of anilines is 1. The number of nitrogens with one attached hydrogen (secondary N) is 1. The lowest BCUT2D eigenvalue weighted by atomic mass is 9.98. The first-order chi connectivity index (χ1) is 9.60. The van der Waals surface area contributed by atoms with Crippen molar-refractivity contribution in [3.05, 3.63) is 23.8 Å². The molecule has 1 aromatic carbocycles. The minimum absolute atomic E-state index is 0.0466. The minimum Gasteiger partial charge on any atom is -0.491 e. The molecule has 1 atom stereocenters. The molecule has 3 N–H and O–H groups in total. The predicted octanol–water partition coefficient (Wildman–Crippen LogP) is 1.58. The number of nitrogens with two attached hydrogens (primary N) is 1. The summed E-state index contributed by atoms with van der Waals surface area (Å²) in [7, 11) is 0. The van der Waals surface area contributed by atoms with Crippen LogP contribution in [0.2, 0.25) is 0 Å². The van der Waals surface area contributed by atoms with Gasteiger partial charge in [-0.15, -0.1) is 0 Å². The maximum atomic E-state index is 11.3. The smallest absolute Gasteiger partial charge is 0.224 e. The van der Waals surface area contributed by atoms with E-state index in [1.54, 1.807) is 6.07 Å². The van der Waals surface area contributed by atoms with Crippen LogP contribution in [0.15, 0.2) is 18.2 Å². The summed E-state index contributed by atoms with van der Waals surface area (Å²) in [5.74, 6) is 1.00. The first-order valence-electron chi connectivity index (χ1n) is 6.86. The normalized spacial score (nSPS) is 20.3. The number of rotatable bonds is 4. The molecule has 1 heterocycles. The van der Waals surface area contributed by atoms with Crippen molar-refractivity contribution in [3.8, 4) is 11.8 Å². The van der Waals surface area contributed by atoms with Gasteiger partial charge in [-0.05, 0) is 48.9 Å². The molecule has 3 rings (SSSR count). The first-order valence-corrected chi connectivity index (χ1v) is 6.86. The molecule has 1 aliphatic carbocycles. The fourth-order valence-electron chi connectivity index (χ4n) is 2.49. The quantitative estimate of drug-likeness (QED) is 0.870. The predicted molar refractivity (Wildman–Crippen MR) is 74.1 cm³/mol. The van der Waals surface area contributed by atoms with E-state index in [0.717, 1.165) is 24.1 Å². The summed E-state index contributed by atoms with van der Waals surface area (Å²) >= 11 is 0. The molecule has 104 valence electrons. The highest BCUT2D eigenvalue weighted by atomic mass is 16.5. The number of hydrogen-bond donors (Lipinski definition) is 2. The van der Waals surface area contributed by atoms with Crippen molar-refractivity contribution < 1.29 is 9.53 Å². The third-order valence-corrected chi connectivity index (χ3v) is 3.96. The molecule has 20 heavy (non-hydrogen) atoms. The lowest BCUT2D eigenvalue weighted by molar-refractivity contribution is -0.116. The third-order valence-electron chi connectivity index (χ3n) is 3.96. The van der Waals surface area contributed by atoms with Crippen LogP contribution >= 0.6 is 0 Å². The lowest BCUT2D eigenvalue weighted by Gasteiger charge is -2.22. The SMILES string of the molecule is N#CC(N)(COc1ccc2c(c1)CCC(=O)N2)C1CC1. The van der Waals surface area contributed by atoms with Gasteiger partial charge in [-0.1, -0.05) is 0 Å². The van der Waals surface area contributed by atoms with E-state index < -0.39 is 5.54 Å². The highest BCUT2D eigenvalue weighted by Crippen LogP contribution is 2.38.